The van der Waals surface area contributed by atoms with Crippen molar-refractivity contribution in [2.75, 3.05) is 0 Å². The van der Waals surface area contributed by atoms with E-state index in [1.54, 1.807) is 6.07 Å². The normalized spacial score (nSPS) is 24.3. The molecule has 1 aromatic rings. The van der Waals surface area contributed by atoms with Crippen molar-refractivity contribution in [1.29, 1.82) is 0 Å². The van der Waals surface area contributed by atoms with E-state index in [0.29, 0.717) is 5.92 Å². The fourth-order valence-electron chi connectivity index (χ4n) is 2.26. The zero-order valence-electron chi connectivity index (χ0n) is 9.83. The zero-order chi connectivity index (χ0) is 12.3. The molecule has 0 radical (unpaired) electrons. The third-order valence-electron chi connectivity index (χ3n) is 3.11. The fraction of sp³-hybridized carbons (Fsp3) is 0.583. The van der Waals surface area contributed by atoms with Gasteiger partial charge in [-0.2, -0.15) is 0 Å². The summed E-state index contributed by atoms with van der Waals surface area (Å²) in [6.45, 7) is 2.18. The van der Waals surface area contributed by atoms with Crippen LogP contribution in [0.15, 0.2) is 18.3 Å². The maximum Gasteiger partial charge on any atom is 0.330 e. The fourth-order valence-corrected chi connectivity index (χ4v) is 2.26. The summed E-state index contributed by atoms with van der Waals surface area (Å²) < 4.78 is 5.67. The third kappa shape index (κ3) is 2.93. The molecule has 1 saturated carbocycles. The predicted octanol–water partition coefficient (Wildman–Crippen LogP) is 2.95. The summed E-state index contributed by atoms with van der Waals surface area (Å²) in [5.74, 6) is 0.771. The minimum Gasteiger partial charge on any atom is -0.469 e. The first kappa shape index (κ1) is 11.8. The lowest BCUT2D eigenvalue weighted by Crippen LogP contribution is -2.24. The molecule has 0 aromatic carbocycles. The molecule has 0 bridgehead atoms. The molecule has 0 aliphatic heterocycles. The minimum absolute atomic E-state index is 0.0503. The summed E-state index contributed by atoms with van der Waals surface area (Å²) in [5, 5.41) is 10.8. The molecule has 5 nitrogen and oxygen atoms in total. The minimum atomic E-state index is -0.450. The first-order valence-electron chi connectivity index (χ1n) is 5.93. The molecular formula is C12H16N2O3. The highest BCUT2D eigenvalue weighted by Gasteiger charge is 2.24. The Hall–Kier alpha value is -1.65. The van der Waals surface area contributed by atoms with Gasteiger partial charge in [-0.05, 0) is 31.2 Å². The van der Waals surface area contributed by atoms with Gasteiger partial charge in [-0.1, -0.05) is 13.3 Å². The van der Waals surface area contributed by atoms with Crippen molar-refractivity contribution >= 4 is 5.69 Å². The average molecular weight is 236 g/mol. The van der Waals surface area contributed by atoms with Crippen LogP contribution in [0.2, 0.25) is 0 Å². The Balaban J connectivity index is 2.10. The van der Waals surface area contributed by atoms with Crippen molar-refractivity contribution in [3.05, 3.63) is 28.4 Å². The molecule has 1 aliphatic rings. The molecule has 1 aromatic heterocycles. The Morgan fingerprint density at radius 2 is 2.35 bits per heavy atom. The Bertz CT molecular complexity index is 408. The molecule has 0 spiro atoms. The molecule has 92 valence electrons. The van der Waals surface area contributed by atoms with Crippen LogP contribution in [0, 0.1) is 16.0 Å². The van der Waals surface area contributed by atoms with Gasteiger partial charge in [0.2, 0.25) is 0 Å². The summed E-state index contributed by atoms with van der Waals surface area (Å²) in [5.41, 5.74) is -0.0503. The zero-order valence-corrected chi connectivity index (χ0v) is 9.83. The Labute approximate surface area is 100.0 Å². The molecule has 2 rings (SSSR count). The van der Waals surface area contributed by atoms with Crippen molar-refractivity contribution < 1.29 is 9.66 Å². The monoisotopic (exact) mass is 236 g/mol. The van der Waals surface area contributed by atoms with Gasteiger partial charge in [0.25, 0.3) is 5.88 Å². The third-order valence-corrected chi connectivity index (χ3v) is 3.11. The summed E-state index contributed by atoms with van der Waals surface area (Å²) in [6.07, 6.45) is 5.82. The maximum absolute atomic E-state index is 10.8. The van der Waals surface area contributed by atoms with Gasteiger partial charge < -0.3 is 4.74 Å². The highest BCUT2D eigenvalue weighted by atomic mass is 16.6. The average Bonchev–Trinajstić information content (AvgIpc) is 2.29. The van der Waals surface area contributed by atoms with E-state index in [1.807, 2.05) is 0 Å². The van der Waals surface area contributed by atoms with E-state index in [9.17, 15) is 10.1 Å². The van der Waals surface area contributed by atoms with E-state index in [2.05, 4.69) is 11.9 Å². The van der Waals surface area contributed by atoms with E-state index in [4.69, 9.17) is 4.74 Å². The van der Waals surface area contributed by atoms with Crippen LogP contribution >= 0.6 is 0 Å². The quantitative estimate of drug-likeness (QED) is 0.597. The van der Waals surface area contributed by atoms with Crippen LogP contribution in [0.25, 0.3) is 0 Å². The number of hydrogen-bond acceptors (Lipinski definition) is 4. The number of ether oxygens (including phenoxy) is 1. The Morgan fingerprint density at radius 3 is 3.06 bits per heavy atom. The van der Waals surface area contributed by atoms with Crippen LogP contribution in [0.5, 0.6) is 5.88 Å². The molecule has 2 unspecified atom stereocenters. The van der Waals surface area contributed by atoms with E-state index < -0.39 is 4.92 Å². The van der Waals surface area contributed by atoms with E-state index >= 15 is 0 Å². The molecule has 2 atom stereocenters. The number of nitro groups is 1. The molecule has 0 N–H and O–H groups in total. The van der Waals surface area contributed by atoms with Crippen LogP contribution in [0.1, 0.15) is 32.6 Å². The predicted molar refractivity (Wildman–Crippen MR) is 62.9 cm³/mol. The number of nitrogens with zero attached hydrogens (tertiary/aromatic N) is 2. The lowest BCUT2D eigenvalue weighted by Gasteiger charge is -2.26. The molecule has 1 heterocycles. The van der Waals surface area contributed by atoms with Crippen LogP contribution in [-0.2, 0) is 0 Å². The second-order valence-electron chi connectivity index (χ2n) is 4.60. The van der Waals surface area contributed by atoms with Crippen LogP contribution in [-0.4, -0.2) is 16.0 Å². The summed E-state index contributed by atoms with van der Waals surface area (Å²) in [6, 6.07) is 2.98. The molecule has 5 heteroatoms. The molecule has 1 aliphatic carbocycles. The van der Waals surface area contributed by atoms with E-state index in [-0.39, 0.29) is 17.7 Å². The number of rotatable bonds is 3. The first-order valence-corrected chi connectivity index (χ1v) is 5.93. The van der Waals surface area contributed by atoms with Gasteiger partial charge in [0.05, 0.1) is 4.92 Å². The van der Waals surface area contributed by atoms with Gasteiger partial charge in [0.1, 0.15) is 6.10 Å². The Morgan fingerprint density at radius 1 is 1.53 bits per heavy atom. The van der Waals surface area contributed by atoms with E-state index in [1.165, 1.54) is 18.7 Å². The van der Waals surface area contributed by atoms with Gasteiger partial charge in [0, 0.05) is 12.3 Å². The second-order valence-corrected chi connectivity index (χ2v) is 4.60. The van der Waals surface area contributed by atoms with Gasteiger partial charge in [-0.3, -0.25) is 10.1 Å². The largest absolute Gasteiger partial charge is 0.469 e. The van der Waals surface area contributed by atoms with Crippen LogP contribution in [0.4, 0.5) is 5.69 Å². The summed E-state index contributed by atoms with van der Waals surface area (Å²) in [7, 11) is 0. The van der Waals surface area contributed by atoms with Crippen molar-refractivity contribution in [3.8, 4) is 5.88 Å². The van der Waals surface area contributed by atoms with E-state index in [0.717, 1.165) is 19.3 Å². The number of hydrogen-bond donors (Lipinski definition) is 0. The van der Waals surface area contributed by atoms with Crippen molar-refractivity contribution in [2.24, 2.45) is 5.92 Å². The summed E-state index contributed by atoms with van der Waals surface area (Å²) >= 11 is 0. The number of pyridine rings is 1. The molecule has 1 fully saturated rings. The van der Waals surface area contributed by atoms with Crippen molar-refractivity contribution in [1.82, 2.24) is 4.98 Å². The molecule has 0 saturated heterocycles. The lowest BCUT2D eigenvalue weighted by molar-refractivity contribution is -0.386. The van der Waals surface area contributed by atoms with Crippen LogP contribution in [0.3, 0.4) is 0 Å². The van der Waals surface area contributed by atoms with Gasteiger partial charge >= 0.3 is 5.69 Å². The standard InChI is InChI=1S/C12H16N2O3/c1-9-4-2-5-10(8-9)17-12-11(14(15)16)6-3-7-13-12/h3,6-7,9-10H,2,4-5,8H2,1H3. The number of aromatic nitrogens is 1. The SMILES string of the molecule is CC1CCCC(Oc2ncccc2[N+](=O)[O-])C1. The van der Waals surface area contributed by atoms with Crippen molar-refractivity contribution in [2.45, 2.75) is 38.7 Å². The summed E-state index contributed by atoms with van der Waals surface area (Å²) in [4.78, 5) is 14.3. The van der Waals surface area contributed by atoms with Gasteiger partial charge in [-0.15, -0.1) is 0 Å². The van der Waals surface area contributed by atoms with Crippen molar-refractivity contribution in [3.63, 3.8) is 0 Å². The Kier molecular flexibility index (Phi) is 3.56. The first-order chi connectivity index (χ1) is 8.16. The molecule has 17 heavy (non-hydrogen) atoms. The maximum atomic E-state index is 10.8. The smallest absolute Gasteiger partial charge is 0.330 e. The molecule has 0 amide bonds. The topological polar surface area (TPSA) is 65.3 Å². The van der Waals surface area contributed by atoms with Gasteiger partial charge in [0.15, 0.2) is 0 Å². The highest BCUT2D eigenvalue weighted by Crippen LogP contribution is 2.30. The van der Waals surface area contributed by atoms with Crippen LogP contribution < -0.4 is 4.74 Å². The second kappa shape index (κ2) is 5.12. The van der Waals surface area contributed by atoms with Gasteiger partial charge in [-0.25, -0.2) is 4.98 Å². The highest BCUT2D eigenvalue weighted by molar-refractivity contribution is 5.39. The lowest BCUT2D eigenvalue weighted by atomic mass is 9.89. The molecular weight excluding hydrogens is 220 g/mol.